The zero-order chi connectivity index (χ0) is 14.0. The van der Waals surface area contributed by atoms with Gasteiger partial charge in [0.25, 0.3) is 0 Å². The predicted octanol–water partition coefficient (Wildman–Crippen LogP) is 2.00. The first-order valence-corrected chi connectivity index (χ1v) is 8.12. The largest absolute Gasteiger partial charge is 0.313 e. The van der Waals surface area contributed by atoms with Gasteiger partial charge in [0, 0.05) is 19.6 Å². The van der Waals surface area contributed by atoms with Crippen molar-refractivity contribution in [1.82, 2.24) is 9.62 Å². The number of nitrogens with one attached hydrogen (secondary N) is 1. The van der Waals surface area contributed by atoms with E-state index in [9.17, 15) is 8.42 Å². The van der Waals surface area contributed by atoms with Crippen LogP contribution in [0.2, 0.25) is 0 Å². The lowest BCUT2D eigenvalue weighted by Crippen LogP contribution is -2.29. The molecule has 1 aliphatic rings. The van der Waals surface area contributed by atoms with Crippen LogP contribution < -0.4 is 5.32 Å². The second-order valence-corrected chi connectivity index (χ2v) is 7.35. The molecule has 0 heterocycles. The van der Waals surface area contributed by atoms with Crippen molar-refractivity contribution in [3.05, 3.63) is 29.8 Å². The maximum absolute atomic E-state index is 12.4. The van der Waals surface area contributed by atoms with Crippen molar-refractivity contribution in [2.45, 2.75) is 30.7 Å². The Balaban J connectivity index is 2.15. The van der Waals surface area contributed by atoms with E-state index in [4.69, 9.17) is 0 Å². The van der Waals surface area contributed by atoms with Crippen LogP contribution in [0.1, 0.15) is 31.4 Å². The summed E-state index contributed by atoms with van der Waals surface area (Å²) in [5.41, 5.74) is 1.09. The zero-order valence-electron chi connectivity index (χ0n) is 11.8. The molecule has 0 saturated heterocycles. The second kappa shape index (κ2) is 5.61. The summed E-state index contributed by atoms with van der Waals surface area (Å²) in [5, 5.41) is 3.14. The summed E-state index contributed by atoms with van der Waals surface area (Å²) in [4.78, 5) is 0.378. The van der Waals surface area contributed by atoms with Crippen LogP contribution in [0.5, 0.6) is 0 Å². The molecule has 1 aliphatic carbocycles. The van der Waals surface area contributed by atoms with Gasteiger partial charge in [0.05, 0.1) is 4.90 Å². The summed E-state index contributed by atoms with van der Waals surface area (Å²) >= 11 is 0. The van der Waals surface area contributed by atoms with Gasteiger partial charge in [-0.2, -0.15) is 0 Å². The molecule has 0 amide bonds. The van der Waals surface area contributed by atoms with Gasteiger partial charge in [-0.25, -0.2) is 12.7 Å². The van der Waals surface area contributed by atoms with Crippen molar-refractivity contribution < 1.29 is 8.42 Å². The normalized spacial score (nSPS) is 17.7. The van der Waals surface area contributed by atoms with E-state index in [0.29, 0.717) is 17.4 Å². The summed E-state index contributed by atoms with van der Waals surface area (Å²) < 4.78 is 26.2. The zero-order valence-corrected chi connectivity index (χ0v) is 12.6. The number of nitrogens with zero attached hydrogens (tertiary/aromatic N) is 1. The van der Waals surface area contributed by atoms with Crippen LogP contribution in [0.25, 0.3) is 0 Å². The Hall–Kier alpha value is -0.910. The number of benzene rings is 1. The van der Waals surface area contributed by atoms with Gasteiger partial charge < -0.3 is 5.32 Å². The van der Waals surface area contributed by atoms with Gasteiger partial charge in [-0.05, 0) is 50.4 Å². The van der Waals surface area contributed by atoms with Gasteiger partial charge in [-0.1, -0.05) is 12.1 Å². The third-order valence-corrected chi connectivity index (χ3v) is 5.57. The molecule has 19 heavy (non-hydrogen) atoms. The first-order chi connectivity index (χ1) is 8.95. The molecule has 5 heteroatoms. The van der Waals surface area contributed by atoms with Gasteiger partial charge in [0.2, 0.25) is 10.0 Å². The van der Waals surface area contributed by atoms with Crippen molar-refractivity contribution in [2.75, 3.05) is 20.6 Å². The van der Waals surface area contributed by atoms with E-state index in [-0.39, 0.29) is 6.04 Å². The van der Waals surface area contributed by atoms with Crippen LogP contribution >= 0.6 is 0 Å². The van der Waals surface area contributed by atoms with E-state index >= 15 is 0 Å². The van der Waals surface area contributed by atoms with E-state index in [1.54, 1.807) is 19.2 Å². The number of hydrogen-bond donors (Lipinski definition) is 1. The molecule has 106 valence electrons. The van der Waals surface area contributed by atoms with E-state index in [1.807, 2.05) is 26.1 Å². The number of rotatable bonds is 6. The molecule has 1 aromatic rings. The molecule has 1 aromatic carbocycles. The predicted molar refractivity (Wildman–Crippen MR) is 76.5 cm³/mol. The fraction of sp³-hybridized carbons (Fsp3) is 0.571. The van der Waals surface area contributed by atoms with Crippen molar-refractivity contribution in [3.63, 3.8) is 0 Å². The average molecular weight is 282 g/mol. The molecule has 0 radical (unpaired) electrons. The molecular weight excluding hydrogens is 260 g/mol. The summed E-state index contributed by atoms with van der Waals surface area (Å²) in [6, 6.07) is 7.36. The van der Waals surface area contributed by atoms with Crippen molar-refractivity contribution in [3.8, 4) is 0 Å². The Morgan fingerprint density at radius 3 is 2.37 bits per heavy atom. The smallest absolute Gasteiger partial charge is 0.242 e. The summed E-state index contributed by atoms with van der Waals surface area (Å²) in [5.74, 6) is 0.559. The number of hydrogen-bond acceptors (Lipinski definition) is 3. The molecule has 2 rings (SSSR count). The van der Waals surface area contributed by atoms with Crippen LogP contribution in [0.4, 0.5) is 0 Å². The molecule has 0 bridgehead atoms. The minimum atomic E-state index is -3.33. The third kappa shape index (κ3) is 3.35. The van der Waals surface area contributed by atoms with E-state index < -0.39 is 10.0 Å². The Kier molecular flexibility index (Phi) is 4.28. The monoisotopic (exact) mass is 282 g/mol. The van der Waals surface area contributed by atoms with Gasteiger partial charge in [0.15, 0.2) is 0 Å². The summed E-state index contributed by atoms with van der Waals surface area (Å²) in [7, 11) is 0.222. The number of sulfonamides is 1. The van der Waals surface area contributed by atoms with Gasteiger partial charge in [-0.3, -0.25) is 0 Å². The molecule has 0 aromatic heterocycles. The Labute approximate surface area is 115 Å². The highest BCUT2D eigenvalue weighted by atomic mass is 32.2. The molecule has 1 atom stereocenters. The lowest BCUT2D eigenvalue weighted by molar-refractivity contribution is 0.453. The SMILES string of the molecule is CNC(C)c1ccc(S(=O)(=O)N(C)CC2CC2)cc1. The molecule has 0 spiro atoms. The van der Waals surface area contributed by atoms with E-state index in [0.717, 1.165) is 18.4 Å². The maximum Gasteiger partial charge on any atom is 0.242 e. The lowest BCUT2D eigenvalue weighted by Gasteiger charge is -2.17. The van der Waals surface area contributed by atoms with Gasteiger partial charge >= 0.3 is 0 Å². The lowest BCUT2D eigenvalue weighted by atomic mass is 10.1. The van der Waals surface area contributed by atoms with E-state index in [2.05, 4.69) is 5.32 Å². The Morgan fingerprint density at radius 2 is 1.89 bits per heavy atom. The van der Waals surface area contributed by atoms with Crippen molar-refractivity contribution in [2.24, 2.45) is 5.92 Å². The Morgan fingerprint density at radius 1 is 1.32 bits per heavy atom. The molecule has 1 unspecified atom stereocenters. The highest BCUT2D eigenvalue weighted by Gasteiger charge is 2.29. The van der Waals surface area contributed by atoms with Crippen LogP contribution in [-0.2, 0) is 10.0 Å². The molecule has 4 nitrogen and oxygen atoms in total. The molecule has 1 N–H and O–H groups in total. The van der Waals surface area contributed by atoms with Crippen LogP contribution in [0.3, 0.4) is 0 Å². The first kappa shape index (κ1) is 14.5. The third-order valence-electron chi connectivity index (χ3n) is 3.73. The van der Waals surface area contributed by atoms with Crippen molar-refractivity contribution >= 4 is 10.0 Å². The van der Waals surface area contributed by atoms with Gasteiger partial charge in [-0.15, -0.1) is 0 Å². The first-order valence-electron chi connectivity index (χ1n) is 6.68. The highest BCUT2D eigenvalue weighted by molar-refractivity contribution is 7.89. The van der Waals surface area contributed by atoms with Crippen molar-refractivity contribution in [1.29, 1.82) is 0 Å². The van der Waals surface area contributed by atoms with E-state index in [1.165, 1.54) is 4.31 Å². The highest BCUT2D eigenvalue weighted by Crippen LogP contribution is 2.31. The topological polar surface area (TPSA) is 49.4 Å². The maximum atomic E-state index is 12.4. The fourth-order valence-electron chi connectivity index (χ4n) is 2.04. The fourth-order valence-corrected chi connectivity index (χ4v) is 3.28. The summed E-state index contributed by atoms with van der Waals surface area (Å²) in [6.07, 6.45) is 2.30. The van der Waals surface area contributed by atoms with Crippen LogP contribution in [0.15, 0.2) is 29.2 Å². The minimum Gasteiger partial charge on any atom is -0.313 e. The second-order valence-electron chi connectivity index (χ2n) is 5.31. The minimum absolute atomic E-state index is 0.223. The standard InChI is InChI=1S/C14H22N2O2S/c1-11(15-2)13-6-8-14(9-7-13)19(17,18)16(3)10-12-4-5-12/h6-9,11-12,15H,4-5,10H2,1-3H3. The molecule has 0 aliphatic heterocycles. The average Bonchev–Trinajstić information content (AvgIpc) is 3.21. The van der Waals surface area contributed by atoms with Crippen LogP contribution in [0, 0.1) is 5.92 Å². The molecule has 1 fully saturated rings. The van der Waals surface area contributed by atoms with Gasteiger partial charge in [0.1, 0.15) is 0 Å². The Bertz CT molecular complexity index is 521. The summed E-state index contributed by atoms with van der Waals surface area (Å²) in [6.45, 7) is 2.68. The molecule has 1 saturated carbocycles. The van der Waals surface area contributed by atoms with Crippen LogP contribution in [-0.4, -0.2) is 33.4 Å². The quantitative estimate of drug-likeness (QED) is 0.868. The molecular formula is C14H22N2O2S.